The summed E-state index contributed by atoms with van der Waals surface area (Å²) in [6.07, 6.45) is -0.385. The molecule has 0 amide bonds. The second-order valence-electron chi connectivity index (χ2n) is 5.77. The molecule has 23 heavy (non-hydrogen) atoms. The quantitative estimate of drug-likeness (QED) is 0.834. The highest BCUT2D eigenvalue weighted by atomic mass is 32.2. The van der Waals surface area contributed by atoms with Gasteiger partial charge in [0.25, 0.3) is 10.0 Å². The minimum Gasteiger partial charge on any atom is -0.256 e. The summed E-state index contributed by atoms with van der Waals surface area (Å²) < 4.78 is 27.9. The van der Waals surface area contributed by atoms with Gasteiger partial charge in [0.1, 0.15) is 0 Å². The highest BCUT2D eigenvalue weighted by Gasteiger charge is 2.47. The maximum Gasteiger partial charge on any atom is 0.266 e. The van der Waals surface area contributed by atoms with Crippen LogP contribution in [-0.2, 0) is 10.0 Å². The Morgan fingerprint density at radius 3 is 2.48 bits per heavy atom. The number of para-hydroxylation sites is 1. The lowest BCUT2D eigenvalue weighted by molar-refractivity contribution is 0.582. The second kappa shape index (κ2) is 5.11. The van der Waals surface area contributed by atoms with E-state index in [-0.39, 0.29) is 11.4 Å². The molecule has 0 saturated heterocycles. The van der Waals surface area contributed by atoms with E-state index in [1.807, 2.05) is 50.2 Å². The van der Waals surface area contributed by atoms with Crippen LogP contribution in [0.3, 0.4) is 0 Å². The SMILES string of the molecule is CC1=N[C@H]2[C@@H](S1)c1ccccc1N2S(=O)(=O)c1ccc(C)cc1. The summed E-state index contributed by atoms with van der Waals surface area (Å²) in [6.45, 7) is 3.88. The summed E-state index contributed by atoms with van der Waals surface area (Å²) in [5, 5.41) is 0.977. The van der Waals surface area contributed by atoms with Crippen LogP contribution in [0.2, 0.25) is 0 Å². The van der Waals surface area contributed by atoms with Crippen LogP contribution in [0.5, 0.6) is 0 Å². The van der Waals surface area contributed by atoms with Crippen molar-refractivity contribution in [3.8, 4) is 0 Å². The molecule has 0 unspecified atom stereocenters. The van der Waals surface area contributed by atoms with E-state index in [0.29, 0.717) is 4.90 Å². The third-order valence-corrected chi connectivity index (χ3v) is 7.18. The lowest BCUT2D eigenvalue weighted by Crippen LogP contribution is -2.36. The molecule has 2 aliphatic rings. The smallest absolute Gasteiger partial charge is 0.256 e. The van der Waals surface area contributed by atoms with E-state index in [1.54, 1.807) is 23.9 Å². The van der Waals surface area contributed by atoms with E-state index in [1.165, 1.54) is 4.31 Å². The van der Waals surface area contributed by atoms with Crippen LogP contribution in [0.4, 0.5) is 5.69 Å². The lowest BCUT2D eigenvalue weighted by Gasteiger charge is -2.24. The van der Waals surface area contributed by atoms with Gasteiger partial charge in [0.05, 0.1) is 20.9 Å². The van der Waals surface area contributed by atoms with Crippen LogP contribution >= 0.6 is 11.8 Å². The van der Waals surface area contributed by atoms with Crippen LogP contribution in [0, 0.1) is 6.92 Å². The van der Waals surface area contributed by atoms with E-state index in [4.69, 9.17) is 0 Å². The number of nitrogens with zero attached hydrogens (tertiary/aromatic N) is 2. The third-order valence-electron chi connectivity index (χ3n) is 4.18. The minimum absolute atomic E-state index is 0.0476. The largest absolute Gasteiger partial charge is 0.266 e. The van der Waals surface area contributed by atoms with Crippen LogP contribution in [-0.4, -0.2) is 19.6 Å². The van der Waals surface area contributed by atoms with E-state index < -0.39 is 10.0 Å². The van der Waals surface area contributed by atoms with Crippen molar-refractivity contribution in [3.05, 3.63) is 59.7 Å². The van der Waals surface area contributed by atoms with Crippen LogP contribution in [0.15, 0.2) is 58.4 Å². The summed E-state index contributed by atoms with van der Waals surface area (Å²) in [5.41, 5.74) is 2.82. The summed E-state index contributed by atoms with van der Waals surface area (Å²) in [5.74, 6) is 0. The zero-order valence-electron chi connectivity index (χ0n) is 12.8. The molecule has 4 rings (SSSR count). The average Bonchev–Trinajstić information content (AvgIpc) is 3.02. The number of hydrogen-bond donors (Lipinski definition) is 0. The van der Waals surface area contributed by atoms with Crippen molar-refractivity contribution in [2.45, 2.75) is 30.2 Å². The van der Waals surface area contributed by atoms with Gasteiger partial charge in [-0.3, -0.25) is 4.99 Å². The Kier molecular flexibility index (Phi) is 3.28. The van der Waals surface area contributed by atoms with Gasteiger partial charge in [-0.1, -0.05) is 47.7 Å². The predicted octanol–water partition coefficient (Wildman–Crippen LogP) is 3.74. The minimum atomic E-state index is -3.63. The number of aryl methyl sites for hydroxylation is 1. The maximum absolute atomic E-state index is 13.2. The van der Waals surface area contributed by atoms with Crippen LogP contribution in [0.1, 0.15) is 23.3 Å². The van der Waals surface area contributed by atoms with Gasteiger partial charge >= 0.3 is 0 Å². The van der Waals surface area contributed by atoms with Crippen molar-refractivity contribution in [2.24, 2.45) is 4.99 Å². The fourth-order valence-corrected chi connectivity index (χ4v) is 5.92. The van der Waals surface area contributed by atoms with Gasteiger partial charge in [-0.15, -0.1) is 0 Å². The Labute approximate surface area is 140 Å². The first-order valence-electron chi connectivity index (χ1n) is 7.39. The zero-order valence-corrected chi connectivity index (χ0v) is 14.4. The first-order valence-corrected chi connectivity index (χ1v) is 9.71. The lowest BCUT2D eigenvalue weighted by atomic mass is 10.1. The monoisotopic (exact) mass is 344 g/mol. The highest BCUT2D eigenvalue weighted by Crippen LogP contribution is 2.53. The fraction of sp³-hybridized carbons (Fsp3) is 0.235. The van der Waals surface area contributed by atoms with Crippen LogP contribution < -0.4 is 4.31 Å². The molecular formula is C17H16N2O2S2. The van der Waals surface area contributed by atoms with Crippen molar-refractivity contribution in [1.82, 2.24) is 0 Å². The summed E-state index contributed by atoms with van der Waals surface area (Å²) in [6, 6.07) is 14.7. The molecule has 0 spiro atoms. The molecule has 2 aliphatic heterocycles. The molecule has 0 fully saturated rings. The number of sulfonamides is 1. The molecule has 2 aromatic carbocycles. The standard InChI is InChI=1S/C17H16N2O2S2/c1-11-7-9-13(10-8-11)23(20,21)19-15-6-4-3-5-14(15)16-17(19)18-12(2)22-16/h3-10,16-17H,1-2H3/t16-,17+/m0/s1. The Balaban J connectivity index is 1.88. The number of rotatable bonds is 2. The van der Waals surface area contributed by atoms with Crippen molar-refractivity contribution < 1.29 is 8.42 Å². The number of hydrogen-bond acceptors (Lipinski definition) is 4. The summed E-state index contributed by atoms with van der Waals surface area (Å²) >= 11 is 1.64. The number of aliphatic imine (C=N–C) groups is 1. The van der Waals surface area contributed by atoms with Gasteiger partial charge in [-0.2, -0.15) is 0 Å². The molecule has 4 nitrogen and oxygen atoms in total. The van der Waals surface area contributed by atoms with Gasteiger partial charge in [-0.05, 0) is 37.6 Å². The molecule has 0 saturated carbocycles. The zero-order chi connectivity index (χ0) is 16.2. The van der Waals surface area contributed by atoms with E-state index in [9.17, 15) is 8.42 Å². The van der Waals surface area contributed by atoms with Gasteiger partial charge in [-0.25, -0.2) is 12.7 Å². The molecule has 2 aromatic rings. The average molecular weight is 344 g/mol. The van der Waals surface area contributed by atoms with E-state index in [0.717, 1.165) is 21.9 Å². The van der Waals surface area contributed by atoms with Gasteiger partial charge in [0.15, 0.2) is 6.17 Å². The van der Waals surface area contributed by atoms with Crippen LogP contribution in [0.25, 0.3) is 0 Å². The molecule has 0 bridgehead atoms. The van der Waals surface area contributed by atoms with Crippen molar-refractivity contribution in [1.29, 1.82) is 0 Å². The molecule has 0 aliphatic carbocycles. The van der Waals surface area contributed by atoms with Crippen molar-refractivity contribution in [2.75, 3.05) is 4.31 Å². The molecule has 2 heterocycles. The van der Waals surface area contributed by atoms with Gasteiger partial charge < -0.3 is 0 Å². The Hall–Kier alpha value is -1.79. The molecule has 118 valence electrons. The Morgan fingerprint density at radius 1 is 1.04 bits per heavy atom. The third kappa shape index (κ3) is 2.20. The summed E-state index contributed by atoms with van der Waals surface area (Å²) in [7, 11) is -3.63. The molecule has 0 N–H and O–H groups in total. The topological polar surface area (TPSA) is 49.7 Å². The Bertz CT molecular complexity index is 904. The maximum atomic E-state index is 13.2. The first kappa shape index (κ1) is 14.8. The number of fused-ring (bicyclic) bond motifs is 3. The normalized spacial score (nSPS) is 22.7. The summed E-state index contributed by atoms with van der Waals surface area (Å²) in [4.78, 5) is 4.89. The molecule has 0 aromatic heterocycles. The predicted molar refractivity (Wildman–Crippen MR) is 94.5 cm³/mol. The molecule has 2 atom stereocenters. The molecule has 6 heteroatoms. The highest BCUT2D eigenvalue weighted by molar-refractivity contribution is 8.14. The first-order chi connectivity index (χ1) is 11.0. The Morgan fingerprint density at radius 2 is 1.74 bits per heavy atom. The van der Waals surface area contributed by atoms with E-state index in [2.05, 4.69) is 4.99 Å². The number of benzene rings is 2. The fourth-order valence-electron chi connectivity index (χ4n) is 3.10. The van der Waals surface area contributed by atoms with Crippen molar-refractivity contribution in [3.63, 3.8) is 0 Å². The van der Waals surface area contributed by atoms with Gasteiger partial charge in [0, 0.05) is 0 Å². The number of anilines is 1. The molecular weight excluding hydrogens is 328 g/mol. The van der Waals surface area contributed by atoms with Crippen molar-refractivity contribution >= 4 is 32.5 Å². The number of thioether (sulfide) groups is 1. The molecule has 0 radical (unpaired) electrons. The second-order valence-corrected chi connectivity index (χ2v) is 8.92. The van der Waals surface area contributed by atoms with E-state index >= 15 is 0 Å². The van der Waals surface area contributed by atoms with Gasteiger partial charge in [0.2, 0.25) is 0 Å².